The minimum Gasteiger partial charge on any atom is -0.395 e. The van der Waals surface area contributed by atoms with Gasteiger partial charge in [0.15, 0.2) is 0 Å². The van der Waals surface area contributed by atoms with Gasteiger partial charge in [-0.25, -0.2) is 0 Å². The predicted molar refractivity (Wildman–Crippen MR) is 64.9 cm³/mol. The molecule has 1 aromatic carbocycles. The number of nitrogens with zero attached hydrogens (tertiary/aromatic N) is 1. The Labute approximate surface area is 96.9 Å². The third-order valence-electron chi connectivity index (χ3n) is 3.32. The smallest absolute Gasteiger partial charge is 0.0587 e. The van der Waals surface area contributed by atoms with E-state index in [4.69, 9.17) is 5.73 Å². The molecule has 0 bridgehead atoms. The van der Waals surface area contributed by atoms with Crippen LogP contribution in [0.15, 0.2) is 24.3 Å². The molecule has 3 N–H and O–H groups in total. The van der Waals surface area contributed by atoms with E-state index < -0.39 is 0 Å². The zero-order chi connectivity index (χ0) is 11.4. The van der Waals surface area contributed by atoms with Crippen LogP contribution in [0.3, 0.4) is 0 Å². The lowest BCUT2D eigenvalue weighted by molar-refractivity contribution is 0.153. The highest BCUT2D eigenvalue weighted by molar-refractivity contribution is 5.23. The number of likely N-dealkylation sites (tertiary alicyclic amines) is 1. The summed E-state index contributed by atoms with van der Waals surface area (Å²) < 4.78 is 0. The molecule has 16 heavy (non-hydrogen) atoms. The summed E-state index contributed by atoms with van der Waals surface area (Å²) in [5.41, 5.74) is 8.10. The molecule has 1 aliphatic heterocycles. The van der Waals surface area contributed by atoms with Crippen LogP contribution < -0.4 is 5.73 Å². The second-order valence-electron chi connectivity index (χ2n) is 4.47. The molecule has 3 nitrogen and oxygen atoms in total. The van der Waals surface area contributed by atoms with Crippen LogP contribution in [0.25, 0.3) is 0 Å². The summed E-state index contributed by atoms with van der Waals surface area (Å²) in [6, 6.07) is 8.75. The van der Waals surface area contributed by atoms with Gasteiger partial charge in [0.2, 0.25) is 0 Å². The normalized spacial score (nSPS) is 21.5. The zero-order valence-electron chi connectivity index (χ0n) is 9.60. The monoisotopic (exact) mass is 220 g/mol. The SMILES string of the molecule is NCc1cccc(CN2CCCC2CO)c1. The van der Waals surface area contributed by atoms with Crippen molar-refractivity contribution >= 4 is 0 Å². The number of nitrogens with two attached hydrogens (primary N) is 1. The van der Waals surface area contributed by atoms with Crippen molar-refractivity contribution < 1.29 is 5.11 Å². The fourth-order valence-electron chi connectivity index (χ4n) is 2.40. The molecule has 1 atom stereocenters. The Balaban J connectivity index is 2.02. The van der Waals surface area contributed by atoms with Crippen LogP contribution in [-0.4, -0.2) is 29.2 Å². The Morgan fingerprint density at radius 3 is 2.94 bits per heavy atom. The maximum absolute atomic E-state index is 9.25. The van der Waals surface area contributed by atoms with E-state index in [1.807, 2.05) is 0 Å². The summed E-state index contributed by atoms with van der Waals surface area (Å²) >= 11 is 0. The van der Waals surface area contributed by atoms with Crippen LogP contribution in [0.4, 0.5) is 0 Å². The Kier molecular flexibility index (Phi) is 3.93. The summed E-state index contributed by atoms with van der Waals surface area (Å²) in [7, 11) is 0. The van der Waals surface area contributed by atoms with Gasteiger partial charge >= 0.3 is 0 Å². The van der Waals surface area contributed by atoms with Crippen LogP contribution in [-0.2, 0) is 13.1 Å². The first-order valence-corrected chi connectivity index (χ1v) is 5.96. The van der Waals surface area contributed by atoms with Gasteiger partial charge in [-0.15, -0.1) is 0 Å². The second-order valence-corrected chi connectivity index (χ2v) is 4.47. The number of aliphatic hydroxyl groups excluding tert-OH is 1. The minimum absolute atomic E-state index is 0.274. The third-order valence-corrected chi connectivity index (χ3v) is 3.32. The fourth-order valence-corrected chi connectivity index (χ4v) is 2.40. The third kappa shape index (κ3) is 2.61. The van der Waals surface area contributed by atoms with Gasteiger partial charge in [-0.05, 0) is 30.5 Å². The molecule has 0 aliphatic carbocycles. The molecule has 0 saturated carbocycles. The van der Waals surface area contributed by atoms with E-state index in [-0.39, 0.29) is 6.61 Å². The first-order valence-electron chi connectivity index (χ1n) is 5.96. The van der Waals surface area contributed by atoms with Crippen molar-refractivity contribution in [3.05, 3.63) is 35.4 Å². The van der Waals surface area contributed by atoms with E-state index in [1.165, 1.54) is 17.5 Å². The Morgan fingerprint density at radius 1 is 1.38 bits per heavy atom. The van der Waals surface area contributed by atoms with Gasteiger partial charge in [0, 0.05) is 19.1 Å². The molecule has 1 unspecified atom stereocenters. The zero-order valence-corrected chi connectivity index (χ0v) is 9.60. The topological polar surface area (TPSA) is 49.5 Å². The number of aliphatic hydroxyl groups is 1. The van der Waals surface area contributed by atoms with Crippen molar-refractivity contribution in [2.75, 3.05) is 13.2 Å². The van der Waals surface area contributed by atoms with E-state index in [0.29, 0.717) is 12.6 Å². The molecule has 3 heteroatoms. The molecule has 1 fully saturated rings. The summed E-state index contributed by atoms with van der Waals surface area (Å²) in [6.07, 6.45) is 2.31. The van der Waals surface area contributed by atoms with Crippen molar-refractivity contribution in [1.82, 2.24) is 4.90 Å². The van der Waals surface area contributed by atoms with E-state index in [1.54, 1.807) is 0 Å². The molecule has 1 saturated heterocycles. The largest absolute Gasteiger partial charge is 0.395 e. The van der Waals surface area contributed by atoms with E-state index in [0.717, 1.165) is 19.5 Å². The summed E-state index contributed by atoms with van der Waals surface area (Å²) in [4.78, 5) is 2.36. The van der Waals surface area contributed by atoms with Crippen LogP contribution in [0.1, 0.15) is 24.0 Å². The van der Waals surface area contributed by atoms with Gasteiger partial charge in [-0.1, -0.05) is 24.3 Å². The second kappa shape index (κ2) is 5.43. The molecule has 1 aliphatic rings. The lowest BCUT2D eigenvalue weighted by Crippen LogP contribution is -2.31. The van der Waals surface area contributed by atoms with E-state index in [2.05, 4.69) is 29.2 Å². The standard InChI is InChI=1S/C13H20N2O/c14-8-11-3-1-4-12(7-11)9-15-6-2-5-13(15)10-16/h1,3-4,7,13,16H,2,5-6,8-10,14H2. The van der Waals surface area contributed by atoms with Crippen molar-refractivity contribution in [2.24, 2.45) is 5.73 Å². The Bertz CT molecular complexity index is 340. The van der Waals surface area contributed by atoms with Crippen LogP contribution in [0.5, 0.6) is 0 Å². The Morgan fingerprint density at radius 2 is 2.19 bits per heavy atom. The first kappa shape index (κ1) is 11.6. The predicted octanol–water partition coefficient (Wildman–Crippen LogP) is 1.10. The summed E-state index contributed by atoms with van der Waals surface area (Å²) in [5.74, 6) is 0. The maximum atomic E-state index is 9.25. The van der Waals surface area contributed by atoms with Crippen molar-refractivity contribution in [3.8, 4) is 0 Å². The van der Waals surface area contributed by atoms with Gasteiger partial charge in [0.1, 0.15) is 0 Å². The van der Waals surface area contributed by atoms with Crippen molar-refractivity contribution in [3.63, 3.8) is 0 Å². The molecule has 2 rings (SSSR count). The molecule has 1 heterocycles. The molecular formula is C13H20N2O. The van der Waals surface area contributed by atoms with E-state index in [9.17, 15) is 5.11 Å². The highest BCUT2D eigenvalue weighted by Crippen LogP contribution is 2.19. The lowest BCUT2D eigenvalue weighted by Gasteiger charge is -2.22. The van der Waals surface area contributed by atoms with Gasteiger partial charge in [0.05, 0.1) is 6.61 Å². The number of hydrogen-bond acceptors (Lipinski definition) is 3. The molecule has 88 valence electrons. The molecule has 0 amide bonds. The van der Waals surface area contributed by atoms with E-state index >= 15 is 0 Å². The quantitative estimate of drug-likeness (QED) is 0.799. The molecule has 0 aromatic heterocycles. The highest BCUT2D eigenvalue weighted by Gasteiger charge is 2.23. The summed E-state index contributed by atoms with van der Waals surface area (Å²) in [5, 5.41) is 9.25. The van der Waals surface area contributed by atoms with Crippen LogP contribution in [0, 0.1) is 0 Å². The summed E-state index contributed by atoms with van der Waals surface area (Å²) in [6.45, 7) is 2.89. The van der Waals surface area contributed by atoms with Crippen LogP contribution >= 0.6 is 0 Å². The molecular weight excluding hydrogens is 200 g/mol. The highest BCUT2D eigenvalue weighted by atomic mass is 16.3. The first-order chi connectivity index (χ1) is 7.83. The van der Waals surface area contributed by atoms with Crippen molar-refractivity contribution in [2.45, 2.75) is 32.0 Å². The molecule has 0 spiro atoms. The van der Waals surface area contributed by atoms with Gasteiger partial charge in [-0.3, -0.25) is 4.90 Å². The fraction of sp³-hybridized carbons (Fsp3) is 0.538. The maximum Gasteiger partial charge on any atom is 0.0587 e. The Hall–Kier alpha value is -0.900. The molecule has 0 radical (unpaired) electrons. The average molecular weight is 220 g/mol. The van der Waals surface area contributed by atoms with Gasteiger partial charge < -0.3 is 10.8 Å². The number of hydrogen-bond donors (Lipinski definition) is 2. The van der Waals surface area contributed by atoms with Crippen LogP contribution in [0.2, 0.25) is 0 Å². The number of rotatable bonds is 4. The van der Waals surface area contributed by atoms with Gasteiger partial charge in [-0.2, -0.15) is 0 Å². The molecule has 1 aromatic rings. The lowest BCUT2D eigenvalue weighted by atomic mass is 10.1. The van der Waals surface area contributed by atoms with Gasteiger partial charge in [0.25, 0.3) is 0 Å². The minimum atomic E-state index is 0.274. The number of benzene rings is 1. The average Bonchev–Trinajstić information content (AvgIpc) is 2.76. The van der Waals surface area contributed by atoms with Crippen molar-refractivity contribution in [1.29, 1.82) is 0 Å².